The number of carbonyl (C=O) groups is 1. The molecule has 0 bridgehead atoms. The SMILES string of the molecule is O=C(O)CCCCc1ccc(B(O)O)cc1. The molecule has 4 nitrogen and oxygen atoms in total. The number of aryl methyl sites for hydroxylation is 1. The molecule has 0 spiro atoms. The van der Waals surface area contributed by atoms with Crippen molar-refractivity contribution < 1.29 is 19.9 Å². The number of hydrogen-bond acceptors (Lipinski definition) is 3. The number of hydrogen-bond donors (Lipinski definition) is 3. The van der Waals surface area contributed by atoms with Crippen LogP contribution in [0.15, 0.2) is 24.3 Å². The molecule has 0 saturated heterocycles. The van der Waals surface area contributed by atoms with Crippen molar-refractivity contribution in [3.05, 3.63) is 29.8 Å². The van der Waals surface area contributed by atoms with Gasteiger partial charge in [-0.25, -0.2) is 0 Å². The fourth-order valence-corrected chi connectivity index (χ4v) is 1.46. The van der Waals surface area contributed by atoms with Crippen LogP contribution in [0.2, 0.25) is 0 Å². The van der Waals surface area contributed by atoms with Crippen molar-refractivity contribution in [2.45, 2.75) is 25.7 Å². The van der Waals surface area contributed by atoms with E-state index in [1.807, 2.05) is 12.1 Å². The smallest absolute Gasteiger partial charge is 0.481 e. The summed E-state index contributed by atoms with van der Waals surface area (Å²) in [7, 11) is -1.43. The molecule has 0 aliphatic carbocycles. The van der Waals surface area contributed by atoms with Crippen LogP contribution in [0.3, 0.4) is 0 Å². The van der Waals surface area contributed by atoms with Gasteiger partial charge in [0.15, 0.2) is 0 Å². The van der Waals surface area contributed by atoms with E-state index in [0.717, 1.165) is 18.4 Å². The van der Waals surface area contributed by atoms with E-state index < -0.39 is 13.1 Å². The summed E-state index contributed by atoms with van der Waals surface area (Å²) in [5, 5.41) is 26.2. The summed E-state index contributed by atoms with van der Waals surface area (Å²) in [6, 6.07) is 6.99. The summed E-state index contributed by atoms with van der Waals surface area (Å²) >= 11 is 0. The highest BCUT2D eigenvalue weighted by atomic mass is 16.4. The first-order chi connectivity index (χ1) is 7.59. The fourth-order valence-electron chi connectivity index (χ4n) is 1.46. The van der Waals surface area contributed by atoms with E-state index in [4.69, 9.17) is 15.2 Å². The van der Waals surface area contributed by atoms with Crippen molar-refractivity contribution in [2.75, 3.05) is 0 Å². The second-order valence-electron chi connectivity index (χ2n) is 3.72. The zero-order valence-corrected chi connectivity index (χ0v) is 8.97. The van der Waals surface area contributed by atoms with Crippen molar-refractivity contribution in [2.24, 2.45) is 0 Å². The Morgan fingerprint density at radius 1 is 1.12 bits per heavy atom. The summed E-state index contributed by atoms with van der Waals surface area (Å²) < 4.78 is 0. The summed E-state index contributed by atoms with van der Waals surface area (Å²) in [6.07, 6.45) is 2.51. The van der Waals surface area contributed by atoms with Crippen LogP contribution in [0.4, 0.5) is 0 Å². The first-order valence-electron chi connectivity index (χ1n) is 5.26. The molecule has 0 atom stereocenters. The van der Waals surface area contributed by atoms with Gasteiger partial charge in [0, 0.05) is 6.42 Å². The zero-order chi connectivity index (χ0) is 12.0. The molecule has 0 aliphatic heterocycles. The fraction of sp³-hybridized carbons (Fsp3) is 0.364. The highest BCUT2D eigenvalue weighted by Crippen LogP contribution is 2.05. The van der Waals surface area contributed by atoms with Gasteiger partial charge in [-0.2, -0.15) is 0 Å². The minimum absolute atomic E-state index is 0.202. The molecule has 5 heteroatoms. The molecule has 1 rings (SSSR count). The highest BCUT2D eigenvalue weighted by Gasteiger charge is 2.09. The van der Waals surface area contributed by atoms with E-state index in [9.17, 15) is 4.79 Å². The van der Waals surface area contributed by atoms with Crippen LogP contribution in [0.25, 0.3) is 0 Å². The Balaban J connectivity index is 2.35. The summed E-state index contributed by atoms with van der Waals surface area (Å²) in [5.41, 5.74) is 1.55. The van der Waals surface area contributed by atoms with E-state index in [1.165, 1.54) is 0 Å². The van der Waals surface area contributed by atoms with E-state index in [-0.39, 0.29) is 6.42 Å². The summed E-state index contributed by atoms with van der Waals surface area (Å²) in [4.78, 5) is 10.3. The van der Waals surface area contributed by atoms with Crippen molar-refractivity contribution >= 4 is 18.6 Å². The number of benzene rings is 1. The van der Waals surface area contributed by atoms with E-state index in [1.54, 1.807) is 12.1 Å². The lowest BCUT2D eigenvalue weighted by Crippen LogP contribution is -2.29. The molecule has 16 heavy (non-hydrogen) atoms. The number of carboxylic acids is 1. The lowest BCUT2D eigenvalue weighted by molar-refractivity contribution is -0.137. The van der Waals surface area contributed by atoms with Gasteiger partial charge in [0.2, 0.25) is 0 Å². The average Bonchev–Trinajstić information content (AvgIpc) is 2.25. The molecule has 0 heterocycles. The van der Waals surface area contributed by atoms with Crippen molar-refractivity contribution in [3.63, 3.8) is 0 Å². The Hall–Kier alpha value is -1.33. The normalized spacial score (nSPS) is 10.1. The molecule has 0 saturated carbocycles. The van der Waals surface area contributed by atoms with Crippen molar-refractivity contribution in [1.82, 2.24) is 0 Å². The summed E-state index contributed by atoms with van der Waals surface area (Å²) in [6.45, 7) is 0. The van der Waals surface area contributed by atoms with Crippen LogP contribution in [-0.2, 0) is 11.2 Å². The van der Waals surface area contributed by atoms with Crippen LogP contribution in [0, 0.1) is 0 Å². The molecule has 1 aromatic carbocycles. The molecule has 0 radical (unpaired) electrons. The maximum absolute atomic E-state index is 10.3. The van der Waals surface area contributed by atoms with Crippen molar-refractivity contribution in [1.29, 1.82) is 0 Å². The van der Waals surface area contributed by atoms with Gasteiger partial charge in [-0.1, -0.05) is 24.3 Å². The van der Waals surface area contributed by atoms with Gasteiger partial charge in [0.05, 0.1) is 0 Å². The van der Waals surface area contributed by atoms with E-state index >= 15 is 0 Å². The molecular weight excluding hydrogens is 207 g/mol. The number of aliphatic carboxylic acids is 1. The second kappa shape index (κ2) is 6.30. The first kappa shape index (κ1) is 12.7. The van der Waals surface area contributed by atoms with Gasteiger partial charge in [-0.3, -0.25) is 4.79 Å². The zero-order valence-electron chi connectivity index (χ0n) is 8.97. The van der Waals surface area contributed by atoms with E-state index in [0.29, 0.717) is 11.9 Å². The van der Waals surface area contributed by atoms with Crippen LogP contribution < -0.4 is 5.46 Å². The molecule has 1 aromatic rings. The molecule has 86 valence electrons. The Labute approximate surface area is 94.7 Å². The first-order valence-corrected chi connectivity index (χ1v) is 5.26. The molecule has 0 fully saturated rings. The number of unbranched alkanes of at least 4 members (excludes halogenated alkanes) is 1. The largest absolute Gasteiger partial charge is 0.488 e. The molecule has 0 amide bonds. The van der Waals surface area contributed by atoms with Gasteiger partial charge >= 0.3 is 13.1 Å². The third-order valence-corrected chi connectivity index (χ3v) is 2.38. The number of carboxylic acid groups (broad SMARTS) is 1. The molecule has 0 unspecified atom stereocenters. The lowest BCUT2D eigenvalue weighted by Gasteiger charge is -2.03. The Kier molecular flexibility index (Phi) is 5.02. The lowest BCUT2D eigenvalue weighted by atomic mass is 9.80. The van der Waals surface area contributed by atoms with Crippen molar-refractivity contribution in [3.8, 4) is 0 Å². The van der Waals surface area contributed by atoms with Gasteiger partial charge < -0.3 is 15.2 Å². The molecular formula is C11H15BO4. The maximum atomic E-state index is 10.3. The van der Waals surface area contributed by atoms with E-state index in [2.05, 4.69) is 0 Å². The Bertz CT molecular complexity index is 334. The minimum atomic E-state index is -1.43. The molecule has 3 N–H and O–H groups in total. The van der Waals surface area contributed by atoms with Crippen LogP contribution in [0.5, 0.6) is 0 Å². The average molecular weight is 222 g/mol. The Morgan fingerprint density at radius 3 is 2.25 bits per heavy atom. The van der Waals surface area contributed by atoms with Crippen LogP contribution >= 0.6 is 0 Å². The molecule has 0 aromatic heterocycles. The Morgan fingerprint density at radius 2 is 1.75 bits per heavy atom. The predicted molar refractivity (Wildman–Crippen MR) is 61.5 cm³/mol. The third kappa shape index (κ3) is 4.46. The monoisotopic (exact) mass is 222 g/mol. The van der Waals surface area contributed by atoms with Gasteiger partial charge in [0.25, 0.3) is 0 Å². The molecule has 0 aliphatic rings. The maximum Gasteiger partial charge on any atom is 0.488 e. The highest BCUT2D eigenvalue weighted by molar-refractivity contribution is 6.58. The predicted octanol–water partition coefficient (Wildman–Crippen LogP) is 0.164. The topological polar surface area (TPSA) is 77.8 Å². The van der Waals surface area contributed by atoms with Gasteiger partial charge in [-0.15, -0.1) is 0 Å². The standard InChI is InChI=1S/C11H15BO4/c13-11(14)4-2-1-3-9-5-7-10(8-6-9)12(15)16/h5-8,15-16H,1-4H2,(H,13,14). The number of rotatable bonds is 6. The van der Waals surface area contributed by atoms with Crippen LogP contribution in [-0.4, -0.2) is 28.2 Å². The van der Waals surface area contributed by atoms with Gasteiger partial charge in [-0.05, 0) is 30.3 Å². The quantitative estimate of drug-likeness (QED) is 0.473. The summed E-state index contributed by atoms with van der Waals surface area (Å²) in [5.74, 6) is -0.765. The van der Waals surface area contributed by atoms with Gasteiger partial charge in [0.1, 0.15) is 0 Å². The second-order valence-corrected chi connectivity index (χ2v) is 3.72. The third-order valence-electron chi connectivity index (χ3n) is 2.38. The van der Waals surface area contributed by atoms with Crippen LogP contribution in [0.1, 0.15) is 24.8 Å². The minimum Gasteiger partial charge on any atom is -0.481 e.